The van der Waals surface area contributed by atoms with Crippen LogP contribution in [0.4, 0.5) is 0 Å². The summed E-state index contributed by atoms with van der Waals surface area (Å²) in [6.45, 7) is 0.232. The highest BCUT2D eigenvalue weighted by Gasteiger charge is 2.15. The van der Waals surface area contributed by atoms with Crippen LogP contribution >= 0.6 is 15.9 Å². The number of hydrogen-bond donors (Lipinski definition) is 4. The van der Waals surface area contributed by atoms with Crippen LogP contribution in [0.25, 0.3) is 10.9 Å². The normalized spacial score (nSPS) is 10.9. The molecule has 0 saturated carbocycles. The molecule has 0 atom stereocenters. The van der Waals surface area contributed by atoms with Crippen molar-refractivity contribution in [3.05, 3.63) is 27.9 Å². The second kappa shape index (κ2) is 4.38. The number of hydrogen-bond acceptors (Lipinski definition) is 3. The Bertz CT molecular complexity index is 592. The van der Waals surface area contributed by atoms with Gasteiger partial charge in [0.1, 0.15) is 5.75 Å². The lowest BCUT2D eigenvalue weighted by atomic mass is 10.1. The summed E-state index contributed by atoms with van der Waals surface area (Å²) in [5.41, 5.74) is 7.63. The first-order valence-corrected chi connectivity index (χ1v) is 5.76. The number of nitrogens with one attached hydrogen (secondary N) is 1. The molecule has 2 rings (SSSR count). The number of carboxylic acid groups (broad SMARTS) is 1. The van der Waals surface area contributed by atoms with Gasteiger partial charge < -0.3 is 20.9 Å². The van der Waals surface area contributed by atoms with Crippen LogP contribution in [0.2, 0.25) is 0 Å². The average Bonchev–Trinajstić information content (AvgIpc) is 2.57. The van der Waals surface area contributed by atoms with Crippen LogP contribution in [0.15, 0.2) is 16.6 Å². The Labute approximate surface area is 105 Å². The molecule has 0 aliphatic heterocycles. The lowest BCUT2D eigenvalue weighted by molar-refractivity contribution is -0.136. The van der Waals surface area contributed by atoms with Crippen LogP contribution in [0, 0.1) is 0 Å². The fourth-order valence-electron chi connectivity index (χ4n) is 1.84. The van der Waals surface area contributed by atoms with Crippen molar-refractivity contribution < 1.29 is 15.0 Å². The van der Waals surface area contributed by atoms with Crippen LogP contribution in [-0.2, 0) is 17.8 Å². The number of benzene rings is 1. The van der Waals surface area contributed by atoms with Gasteiger partial charge in [0.05, 0.1) is 10.9 Å². The van der Waals surface area contributed by atoms with E-state index in [2.05, 4.69) is 20.9 Å². The third-order valence-corrected chi connectivity index (χ3v) is 3.23. The van der Waals surface area contributed by atoms with E-state index in [4.69, 9.17) is 10.8 Å². The van der Waals surface area contributed by atoms with Crippen molar-refractivity contribution in [2.24, 2.45) is 5.73 Å². The average molecular weight is 299 g/mol. The summed E-state index contributed by atoms with van der Waals surface area (Å²) in [6.07, 6.45) is -0.117. The number of aromatic amines is 1. The number of H-pyrrole nitrogens is 1. The van der Waals surface area contributed by atoms with Gasteiger partial charge in [-0.3, -0.25) is 4.79 Å². The van der Waals surface area contributed by atoms with E-state index >= 15 is 0 Å². The molecule has 1 heterocycles. The molecule has 0 bridgehead atoms. The lowest BCUT2D eigenvalue weighted by Gasteiger charge is -2.00. The SMILES string of the molecule is NCc1[nH]c2cc(Br)c(O)cc2c1CC(=O)O. The molecule has 0 fully saturated rings. The maximum absolute atomic E-state index is 10.8. The molecule has 0 aliphatic rings. The third kappa shape index (κ3) is 2.13. The molecule has 2 aromatic rings. The molecule has 1 aromatic heterocycles. The predicted octanol–water partition coefficient (Wildman–Crippen LogP) is 1.72. The van der Waals surface area contributed by atoms with Gasteiger partial charge in [-0.1, -0.05) is 0 Å². The van der Waals surface area contributed by atoms with Crippen LogP contribution in [-0.4, -0.2) is 21.2 Å². The number of carboxylic acids is 1. The zero-order chi connectivity index (χ0) is 12.6. The summed E-state index contributed by atoms with van der Waals surface area (Å²) < 4.78 is 0.552. The van der Waals surface area contributed by atoms with Crippen molar-refractivity contribution in [2.45, 2.75) is 13.0 Å². The Morgan fingerprint density at radius 3 is 2.76 bits per heavy atom. The van der Waals surface area contributed by atoms with E-state index in [0.29, 0.717) is 21.1 Å². The second-order valence-electron chi connectivity index (χ2n) is 3.71. The Balaban J connectivity index is 2.69. The number of phenolic OH excluding ortho intramolecular Hbond substituents is 1. The van der Waals surface area contributed by atoms with Crippen molar-refractivity contribution in [3.8, 4) is 5.75 Å². The summed E-state index contributed by atoms with van der Waals surface area (Å²) >= 11 is 3.21. The number of aromatic nitrogens is 1. The highest BCUT2D eigenvalue weighted by Crippen LogP contribution is 2.32. The van der Waals surface area contributed by atoms with Gasteiger partial charge in [0.2, 0.25) is 0 Å². The molecule has 6 heteroatoms. The molecule has 5 nitrogen and oxygen atoms in total. The molecular formula is C11H11BrN2O3. The topological polar surface area (TPSA) is 99.3 Å². The van der Waals surface area contributed by atoms with E-state index in [1.54, 1.807) is 6.07 Å². The second-order valence-corrected chi connectivity index (χ2v) is 4.56. The molecule has 17 heavy (non-hydrogen) atoms. The first kappa shape index (κ1) is 11.9. The quantitative estimate of drug-likeness (QED) is 0.693. The minimum atomic E-state index is -0.928. The monoisotopic (exact) mass is 298 g/mol. The fraction of sp³-hybridized carbons (Fsp3) is 0.182. The molecule has 0 saturated heterocycles. The van der Waals surface area contributed by atoms with Gasteiger partial charge in [-0.15, -0.1) is 0 Å². The molecule has 90 valence electrons. The van der Waals surface area contributed by atoms with E-state index in [0.717, 1.165) is 5.52 Å². The smallest absolute Gasteiger partial charge is 0.307 e. The zero-order valence-corrected chi connectivity index (χ0v) is 10.4. The van der Waals surface area contributed by atoms with Gasteiger partial charge >= 0.3 is 5.97 Å². The maximum atomic E-state index is 10.8. The van der Waals surface area contributed by atoms with E-state index in [1.165, 1.54) is 6.07 Å². The third-order valence-electron chi connectivity index (χ3n) is 2.59. The lowest BCUT2D eigenvalue weighted by Crippen LogP contribution is -2.05. The van der Waals surface area contributed by atoms with Gasteiger partial charge in [-0.25, -0.2) is 0 Å². The molecule has 0 aliphatic carbocycles. The highest BCUT2D eigenvalue weighted by molar-refractivity contribution is 9.10. The molecule has 0 spiro atoms. The first-order chi connectivity index (χ1) is 8.02. The molecule has 5 N–H and O–H groups in total. The predicted molar refractivity (Wildman–Crippen MR) is 66.9 cm³/mol. The molecule has 1 aromatic carbocycles. The van der Waals surface area contributed by atoms with Crippen molar-refractivity contribution in [3.63, 3.8) is 0 Å². The Morgan fingerprint density at radius 2 is 2.18 bits per heavy atom. The van der Waals surface area contributed by atoms with Gasteiger partial charge in [0.25, 0.3) is 0 Å². The largest absolute Gasteiger partial charge is 0.507 e. The summed E-state index contributed by atoms with van der Waals surface area (Å²) in [5.74, 6) is -0.852. The standard InChI is InChI=1S/C11H11BrN2O3/c12-7-3-8-5(1-10(7)15)6(2-11(16)17)9(4-13)14-8/h1,3,14-15H,2,4,13H2,(H,16,17). The Kier molecular flexibility index (Phi) is 3.08. The molecule has 0 radical (unpaired) electrons. The number of carbonyl (C=O) groups is 1. The summed E-state index contributed by atoms with van der Waals surface area (Å²) in [5, 5.41) is 19.2. The number of aliphatic carboxylic acids is 1. The summed E-state index contributed by atoms with van der Waals surface area (Å²) in [7, 11) is 0. The van der Waals surface area contributed by atoms with Gasteiger partial charge in [-0.05, 0) is 33.6 Å². The number of phenols is 1. The van der Waals surface area contributed by atoms with Crippen LogP contribution in [0.1, 0.15) is 11.3 Å². The summed E-state index contributed by atoms with van der Waals surface area (Å²) in [4.78, 5) is 13.9. The number of halogens is 1. The van der Waals surface area contributed by atoms with E-state index in [9.17, 15) is 9.90 Å². The number of aromatic hydroxyl groups is 1. The number of rotatable bonds is 3. The van der Waals surface area contributed by atoms with Crippen LogP contribution in [0.3, 0.4) is 0 Å². The van der Waals surface area contributed by atoms with Gasteiger partial charge in [-0.2, -0.15) is 0 Å². The number of nitrogens with two attached hydrogens (primary N) is 1. The van der Waals surface area contributed by atoms with E-state index < -0.39 is 5.97 Å². The molecular weight excluding hydrogens is 288 g/mol. The molecule has 0 amide bonds. The van der Waals surface area contributed by atoms with Crippen molar-refractivity contribution in [2.75, 3.05) is 0 Å². The zero-order valence-electron chi connectivity index (χ0n) is 8.83. The molecule has 0 unspecified atom stereocenters. The van der Waals surface area contributed by atoms with E-state index in [-0.39, 0.29) is 18.7 Å². The van der Waals surface area contributed by atoms with Crippen LogP contribution < -0.4 is 5.73 Å². The highest BCUT2D eigenvalue weighted by atomic mass is 79.9. The first-order valence-electron chi connectivity index (χ1n) is 4.96. The Morgan fingerprint density at radius 1 is 1.47 bits per heavy atom. The van der Waals surface area contributed by atoms with Crippen molar-refractivity contribution in [1.82, 2.24) is 4.98 Å². The van der Waals surface area contributed by atoms with Gasteiger partial charge in [0, 0.05) is 23.1 Å². The van der Waals surface area contributed by atoms with Crippen LogP contribution in [0.5, 0.6) is 5.75 Å². The number of fused-ring (bicyclic) bond motifs is 1. The van der Waals surface area contributed by atoms with Crippen molar-refractivity contribution in [1.29, 1.82) is 0 Å². The van der Waals surface area contributed by atoms with E-state index in [1.807, 2.05) is 0 Å². The maximum Gasteiger partial charge on any atom is 0.307 e. The minimum absolute atomic E-state index is 0.0757. The summed E-state index contributed by atoms with van der Waals surface area (Å²) in [6, 6.07) is 3.24. The Hall–Kier alpha value is -1.53. The fourth-order valence-corrected chi connectivity index (χ4v) is 2.19. The van der Waals surface area contributed by atoms with Crippen molar-refractivity contribution >= 4 is 32.8 Å². The van der Waals surface area contributed by atoms with Gasteiger partial charge in [0.15, 0.2) is 0 Å². The minimum Gasteiger partial charge on any atom is -0.507 e.